The normalized spacial score (nSPS) is 17.9. The lowest BCUT2D eigenvalue weighted by Crippen LogP contribution is -2.35. The molecule has 0 spiro atoms. The van der Waals surface area contributed by atoms with Crippen molar-refractivity contribution in [2.75, 3.05) is 10.6 Å². The number of carbonyl (C=O) groups is 3. The van der Waals surface area contributed by atoms with Gasteiger partial charge in [-0.1, -0.05) is 39.0 Å². The van der Waals surface area contributed by atoms with Gasteiger partial charge in [-0.15, -0.1) is 11.3 Å². The molecule has 0 bridgehead atoms. The lowest BCUT2D eigenvalue weighted by Gasteiger charge is -2.32. The van der Waals surface area contributed by atoms with E-state index >= 15 is 0 Å². The molecule has 9 heteroatoms. The quantitative estimate of drug-likeness (QED) is 0.365. The van der Waals surface area contributed by atoms with Crippen molar-refractivity contribution in [3.05, 3.63) is 40.3 Å². The van der Waals surface area contributed by atoms with Gasteiger partial charge in [0.2, 0.25) is 5.91 Å². The summed E-state index contributed by atoms with van der Waals surface area (Å²) < 4.78 is 0. The average Bonchev–Trinajstić information content (AvgIpc) is 3.60. The molecule has 8 nitrogen and oxygen atoms in total. The van der Waals surface area contributed by atoms with Crippen molar-refractivity contribution >= 4 is 51.5 Å². The first-order valence-corrected chi connectivity index (χ1v) is 13.3. The highest BCUT2D eigenvalue weighted by atomic mass is 32.1. The monoisotopic (exact) mass is 493 g/mol. The van der Waals surface area contributed by atoms with E-state index in [-0.39, 0.29) is 29.2 Å². The number of fused-ring (bicyclic) bond motifs is 1. The number of H-pyrrole nitrogens is 1. The number of nitrogens with zero attached hydrogens (tertiary/aromatic N) is 1. The van der Waals surface area contributed by atoms with Crippen LogP contribution >= 0.6 is 11.3 Å². The summed E-state index contributed by atoms with van der Waals surface area (Å²) in [7, 11) is 0. The Hall–Kier alpha value is -3.20. The summed E-state index contributed by atoms with van der Waals surface area (Å²) in [6.45, 7) is 2.03. The lowest BCUT2D eigenvalue weighted by atomic mass is 9.75. The molecule has 0 saturated heterocycles. The summed E-state index contributed by atoms with van der Waals surface area (Å²) in [4.78, 5) is 46.3. The molecule has 184 valence electrons. The van der Waals surface area contributed by atoms with Crippen molar-refractivity contribution in [3.8, 4) is 0 Å². The van der Waals surface area contributed by atoms with E-state index in [4.69, 9.17) is 0 Å². The van der Waals surface area contributed by atoms with Crippen LogP contribution in [0.4, 0.5) is 11.5 Å². The van der Waals surface area contributed by atoms with Crippen LogP contribution < -0.4 is 16.0 Å². The van der Waals surface area contributed by atoms with E-state index in [9.17, 15) is 14.4 Å². The van der Waals surface area contributed by atoms with Gasteiger partial charge in [0.05, 0.1) is 11.1 Å². The number of hydrogen-bond acceptors (Lipinski definition) is 5. The first-order chi connectivity index (χ1) is 16.9. The molecule has 1 aromatic carbocycles. The van der Waals surface area contributed by atoms with Gasteiger partial charge in [-0.2, -0.15) is 0 Å². The van der Waals surface area contributed by atoms with Crippen LogP contribution in [0.2, 0.25) is 0 Å². The summed E-state index contributed by atoms with van der Waals surface area (Å²) in [5, 5.41) is 11.4. The van der Waals surface area contributed by atoms with Crippen molar-refractivity contribution < 1.29 is 14.4 Å². The van der Waals surface area contributed by atoms with Crippen LogP contribution in [0.25, 0.3) is 10.9 Å². The van der Waals surface area contributed by atoms with Crippen molar-refractivity contribution in [1.82, 2.24) is 15.3 Å². The largest absolute Gasteiger partial charge is 0.349 e. The smallest absolute Gasteiger partial charge is 0.276 e. The van der Waals surface area contributed by atoms with E-state index in [0.29, 0.717) is 33.7 Å². The van der Waals surface area contributed by atoms with E-state index in [0.717, 1.165) is 51.4 Å². The Bertz CT molecular complexity index is 1240. The van der Waals surface area contributed by atoms with Crippen LogP contribution in [0.1, 0.15) is 85.6 Å². The molecule has 0 unspecified atom stereocenters. The molecule has 0 aliphatic heterocycles. The minimum atomic E-state index is -0.383. The highest BCUT2D eigenvalue weighted by Crippen LogP contribution is 2.37. The second kappa shape index (κ2) is 9.81. The van der Waals surface area contributed by atoms with Gasteiger partial charge in [0, 0.05) is 33.4 Å². The number of thiazole rings is 1. The fraction of sp³-hybridized carbons (Fsp3) is 0.462. The van der Waals surface area contributed by atoms with E-state index in [1.54, 1.807) is 10.9 Å². The van der Waals surface area contributed by atoms with Gasteiger partial charge in [-0.3, -0.25) is 14.4 Å². The van der Waals surface area contributed by atoms with Gasteiger partial charge in [0.1, 0.15) is 11.5 Å². The van der Waals surface area contributed by atoms with Crippen LogP contribution in [0, 0.1) is 5.41 Å². The second-order valence-electron chi connectivity index (χ2n) is 9.99. The molecular weight excluding hydrogens is 462 g/mol. The van der Waals surface area contributed by atoms with E-state index in [1.807, 2.05) is 25.1 Å². The fourth-order valence-electron chi connectivity index (χ4n) is 5.28. The van der Waals surface area contributed by atoms with E-state index in [1.165, 1.54) is 17.8 Å². The van der Waals surface area contributed by atoms with Crippen LogP contribution in [0.3, 0.4) is 0 Å². The summed E-state index contributed by atoms with van der Waals surface area (Å²) in [5.41, 5.74) is 3.26. The molecule has 35 heavy (non-hydrogen) atoms. The minimum absolute atomic E-state index is 0.0272. The lowest BCUT2D eigenvalue weighted by molar-refractivity contribution is -0.126. The second-order valence-corrected chi connectivity index (χ2v) is 10.7. The number of carbonyl (C=O) groups excluding carboxylic acids is 3. The molecule has 3 aromatic rings. The maximum Gasteiger partial charge on any atom is 0.276 e. The Morgan fingerprint density at radius 3 is 2.51 bits per heavy atom. The zero-order chi connectivity index (χ0) is 24.4. The highest BCUT2D eigenvalue weighted by Gasteiger charge is 2.34. The predicted octanol–water partition coefficient (Wildman–Crippen LogP) is 5.46. The number of nitrogens with one attached hydrogen (secondary N) is 4. The molecular formula is C26H31N5O3S. The molecule has 0 atom stereocenters. The van der Waals surface area contributed by atoms with Crippen molar-refractivity contribution in [3.63, 3.8) is 0 Å². The summed E-state index contributed by atoms with van der Waals surface area (Å²) >= 11 is 1.33. The Kier molecular flexibility index (Phi) is 6.60. The molecule has 2 heterocycles. The van der Waals surface area contributed by atoms with Gasteiger partial charge in [-0.25, -0.2) is 4.98 Å². The summed E-state index contributed by atoms with van der Waals surface area (Å²) in [6, 6.07) is 5.61. The van der Waals surface area contributed by atoms with Crippen molar-refractivity contribution in [1.29, 1.82) is 0 Å². The Morgan fingerprint density at radius 2 is 1.80 bits per heavy atom. The Labute approximate surface area is 208 Å². The third-order valence-electron chi connectivity index (χ3n) is 7.38. The first-order valence-electron chi connectivity index (χ1n) is 12.4. The molecule has 2 fully saturated rings. The number of rotatable bonds is 6. The van der Waals surface area contributed by atoms with Crippen molar-refractivity contribution in [2.24, 2.45) is 5.41 Å². The van der Waals surface area contributed by atoms with Crippen LogP contribution in [-0.2, 0) is 4.79 Å². The molecule has 2 aliphatic carbocycles. The standard InChI is InChI=1S/C26H31N5O3S/c1-26(11-5-2-6-12-26)25(34)29-17-9-10-18-19(13-17)30-22(31-23(32)20-14-35-15-27-20)21(18)24(33)28-16-7-3-4-8-16/h9-10,13-16,30H,2-8,11-12H2,1H3,(H,28,33)(H,29,34)(H,31,32). The van der Waals surface area contributed by atoms with Gasteiger partial charge in [0.15, 0.2) is 0 Å². The molecule has 4 N–H and O–H groups in total. The zero-order valence-electron chi connectivity index (χ0n) is 19.9. The number of anilines is 2. The Morgan fingerprint density at radius 1 is 1.03 bits per heavy atom. The molecule has 2 aromatic heterocycles. The van der Waals surface area contributed by atoms with Crippen LogP contribution in [0.5, 0.6) is 0 Å². The third kappa shape index (κ3) is 4.96. The third-order valence-corrected chi connectivity index (χ3v) is 7.97. The molecule has 0 radical (unpaired) electrons. The number of aromatic nitrogens is 2. The topological polar surface area (TPSA) is 116 Å². The molecule has 5 rings (SSSR count). The van der Waals surface area contributed by atoms with E-state index < -0.39 is 0 Å². The summed E-state index contributed by atoms with van der Waals surface area (Å²) in [6.07, 6.45) is 9.24. The summed E-state index contributed by atoms with van der Waals surface area (Å²) in [5.74, 6) is -0.245. The van der Waals surface area contributed by atoms with Gasteiger partial charge in [-0.05, 0) is 43.9 Å². The SMILES string of the molecule is CC1(C(=O)Nc2ccc3c(C(=O)NC4CCCC4)c(NC(=O)c4cscn4)[nH]c3c2)CCCCC1. The maximum absolute atomic E-state index is 13.3. The average molecular weight is 494 g/mol. The fourth-order valence-corrected chi connectivity index (χ4v) is 5.81. The van der Waals surface area contributed by atoms with Crippen molar-refractivity contribution in [2.45, 2.75) is 70.8 Å². The van der Waals surface area contributed by atoms with Crippen LogP contribution in [0.15, 0.2) is 29.1 Å². The highest BCUT2D eigenvalue weighted by molar-refractivity contribution is 7.07. The maximum atomic E-state index is 13.3. The van der Waals surface area contributed by atoms with Crippen LogP contribution in [-0.4, -0.2) is 33.7 Å². The Balaban J connectivity index is 1.44. The van der Waals surface area contributed by atoms with Gasteiger partial charge in [0.25, 0.3) is 11.8 Å². The number of amides is 3. The van der Waals surface area contributed by atoms with E-state index in [2.05, 4.69) is 25.9 Å². The minimum Gasteiger partial charge on any atom is -0.349 e. The molecule has 3 amide bonds. The van der Waals surface area contributed by atoms with Gasteiger partial charge < -0.3 is 20.9 Å². The predicted molar refractivity (Wildman–Crippen MR) is 138 cm³/mol. The van der Waals surface area contributed by atoms with Gasteiger partial charge >= 0.3 is 0 Å². The zero-order valence-corrected chi connectivity index (χ0v) is 20.7. The number of hydrogen-bond donors (Lipinski definition) is 4. The molecule has 2 saturated carbocycles. The molecule has 2 aliphatic rings. The number of aromatic amines is 1. The number of benzene rings is 1. The first kappa shape index (κ1) is 23.5.